The van der Waals surface area contributed by atoms with Crippen LogP contribution in [0.15, 0.2) is 0 Å². The minimum Gasteiger partial charge on any atom is -0.339 e. The monoisotopic (exact) mass is 282 g/mol. The summed E-state index contributed by atoms with van der Waals surface area (Å²) in [6, 6.07) is 0.521. The molecule has 0 radical (unpaired) electrons. The predicted octanol–water partition coefficient (Wildman–Crippen LogP) is 0.223. The van der Waals surface area contributed by atoms with E-state index in [1.54, 1.807) is 0 Å². The lowest BCUT2D eigenvalue weighted by Gasteiger charge is -2.45. The van der Waals surface area contributed by atoms with Crippen molar-refractivity contribution in [3.63, 3.8) is 0 Å². The molecule has 0 aromatic rings. The van der Waals surface area contributed by atoms with Crippen LogP contribution in [0.2, 0.25) is 0 Å². The van der Waals surface area contributed by atoms with Gasteiger partial charge in [-0.15, -0.1) is 0 Å². The van der Waals surface area contributed by atoms with Crippen LogP contribution in [0.1, 0.15) is 26.7 Å². The zero-order valence-electron chi connectivity index (χ0n) is 13.5. The average Bonchev–Trinajstić information content (AvgIpc) is 2.47. The van der Waals surface area contributed by atoms with Crippen molar-refractivity contribution < 1.29 is 4.79 Å². The quantitative estimate of drug-likeness (QED) is 0.804. The highest BCUT2D eigenvalue weighted by Crippen LogP contribution is 2.24. The van der Waals surface area contributed by atoms with Crippen molar-refractivity contribution in [1.29, 1.82) is 0 Å². The number of rotatable bonds is 3. The van der Waals surface area contributed by atoms with Gasteiger partial charge in [0.25, 0.3) is 0 Å². The highest BCUT2D eigenvalue weighted by molar-refractivity contribution is 5.85. The van der Waals surface area contributed by atoms with Gasteiger partial charge in [-0.25, -0.2) is 0 Å². The number of hydrogen-bond donors (Lipinski definition) is 1. The highest BCUT2D eigenvalue weighted by Gasteiger charge is 2.39. The molecule has 5 nitrogen and oxygen atoms in total. The summed E-state index contributed by atoms with van der Waals surface area (Å²) in [5.74, 6) is 0.278. The maximum atomic E-state index is 12.8. The third-order valence-electron chi connectivity index (χ3n) is 5.05. The topological polar surface area (TPSA) is 38.8 Å². The molecule has 0 aliphatic carbocycles. The Kier molecular flexibility index (Phi) is 5.04. The number of likely N-dealkylation sites (tertiary alicyclic amines) is 1. The molecule has 2 fully saturated rings. The zero-order chi connectivity index (χ0) is 14.8. The molecule has 0 saturated carbocycles. The molecule has 2 aliphatic heterocycles. The first-order valence-electron chi connectivity index (χ1n) is 7.84. The fraction of sp³-hybridized carbons (Fsp3) is 0.933. The standard InChI is InChI=1S/C15H30N4O/c1-15(2,14(20)19-11-7-16-8-12-19)18(4)13-5-9-17(3)10-6-13/h13,16H,5-12H2,1-4H3. The van der Waals surface area contributed by atoms with Gasteiger partial charge in [0, 0.05) is 32.2 Å². The first-order valence-corrected chi connectivity index (χ1v) is 7.84. The van der Waals surface area contributed by atoms with Gasteiger partial charge < -0.3 is 15.1 Å². The number of piperazine rings is 1. The van der Waals surface area contributed by atoms with Gasteiger partial charge in [0.05, 0.1) is 5.54 Å². The Hall–Kier alpha value is -0.650. The number of nitrogens with one attached hydrogen (secondary N) is 1. The Morgan fingerprint density at radius 1 is 1.15 bits per heavy atom. The van der Waals surface area contributed by atoms with E-state index in [2.05, 4.69) is 43.1 Å². The van der Waals surface area contributed by atoms with Crippen LogP contribution in [0, 0.1) is 0 Å². The van der Waals surface area contributed by atoms with E-state index in [-0.39, 0.29) is 5.91 Å². The van der Waals surface area contributed by atoms with Crippen molar-refractivity contribution in [1.82, 2.24) is 20.0 Å². The van der Waals surface area contributed by atoms with Crippen molar-refractivity contribution in [2.24, 2.45) is 0 Å². The SMILES string of the molecule is CN1CCC(N(C)C(C)(C)C(=O)N2CCNCC2)CC1. The molecule has 0 aromatic heterocycles. The molecular weight excluding hydrogens is 252 g/mol. The molecule has 2 rings (SSSR count). The molecule has 1 N–H and O–H groups in total. The van der Waals surface area contributed by atoms with Gasteiger partial charge in [-0.3, -0.25) is 9.69 Å². The number of carbonyl (C=O) groups excluding carboxylic acids is 1. The molecule has 5 heteroatoms. The Morgan fingerprint density at radius 3 is 2.25 bits per heavy atom. The Bertz CT molecular complexity index is 331. The number of carbonyl (C=O) groups is 1. The molecule has 116 valence electrons. The minimum atomic E-state index is -0.405. The second-order valence-corrected chi connectivity index (χ2v) is 6.75. The summed E-state index contributed by atoms with van der Waals surface area (Å²) < 4.78 is 0. The van der Waals surface area contributed by atoms with E-state index in [9.17, 15) is 4.79 Å². The van der Waals surface area contributed by atoms with Crippen LogP contribution in [0.3, 0.4) is 0 Å². The van der Waals surface area contributed by atoms with Crippen LogP contribution >= 0.6 is 0 Å². The van der Waals surface area contributed by atoms with E-state index in [0.29, 0.717) is 6.04 Å². The molecule has 0 aromatic carbocycles. The number of nitrogens with zero attached hydrogens (tertiary/aromatic N) is 3. The van der Waals surface area contributed by atoms with E-state index in [1.165, 1.54) is 0 Å². The summed E-state index contributed by atoms with van der Waals surface area (Å²) in [5, 5.41) is 3.31. The normalized spacial score (nSPS) is 23.4. The van der Waals surface area contributed by atoms with Crippen LogP contribution in [-0.4, -0.2) is 85.6 Å². The maximum Gasteiger partial charge on any atom is 0.242 e. The molecule has 0 unspecified atom stereocenters. The third-order valence-corrected chi connectivity index (χ3v) is 5.05. The number of hydrogen-bond acceptors (Lipinski definition) is 4. The number of likely N-dealkylation sites (N-methyl/N-ethyl adjacent to an activating group) is 1. The molecule has 2 heterocycles. The van der Waals surface area contributed by atoms with Crippen molar-refractivity contribution in [2.45, 2.75) is 38.3 Å². The van der Waals surface area contributed by atoms with Gasteiger partial charge in [0.15, 0.2) is 0 Å². The van der Waals surface area contributed by atoms with Crippen molar-refractivity contribution in [3.05, 3.63) is 0 Å². The Morgan fingerprint density at radius 2 is 1.70 bits per heavy atom. The first-order chi connectivity index (χ1) is 9.43. The molecule has 0 bridgehead atoms. The van der Waals surface area contributed by atoms with E-state index in [1.807, 2.05) is 4.90 Å². The average molecular weight is 282 g/mol. The van der Waals surface area contributed by atoms with Crippen molar-refractivity contribution in [2.75, 3.05) is 53.4 Å². The summed E-state index contributed by atoms with van der Waals surface area (Å²) >= 11 is 0. The summed E-state index contributed by atoms with van der Waals surface area (Å²) in [6.45, 7) is 9.93. The highest BCUT2D eigenvalue weighted by atomic mass is 16.2. The largest absolute Gasteiger partial charge is 0.339 e. The van der Waals surface area contributed by atoms with E-state index >= 15 is 0 Å². The van der Waals surface area contributed by atoms with Crippen LogP contribution in [0.4, 0.5) is 0 Å². The summed E-state index contributed by atoms with van der Waals surface area (Å²) in [6.07, 6.45) is 2.32. The lowest BCUT2D eigenvalue weighted by atomic mass is 9.94. The van der Waals surface area contributed by atoms with Gasteiger partial charge >= 0.3 is 0 Å². The van der Waals surface area contributed by atoms with E-state index in [4.69, 9.17) is 0 Å². The molecular formula is C15H30N4O. The minimum absolute atomic E-state index is 0.278. The van der Waals surface area contributed by atoms with E-state index < -0.39 is 5.54 Å². The zero-order valence-corrected chi connectivity index (χ0v) is 13.5. The molecule has 2 aliphatic rings. The van der Waals surface area contributed by atoms with Gasteiger partial charge in [-0.05, 0) is 53.9 Å². The lowest BCUT2D eigenvalue weighted by Crippen LogP contribution is -2.61. The number of piperidine rings is 1. The summed E-state index contributed by atoms with van der Waals surface area (Å²) in [7, 11) is 4.29. The first kappa shape index (κ1) is 15.7. The Balaban J connectivity index is 1.98. The van der Waals surface area contributed by atoms with Crippen LogP contribution in [0.25, 0.3) is 0 Å². The molecule has 1 amide bonds. The van der Waals surface area contributed by atoms with Gasteiger partial charge in [0.2, 0.25) is 5.91 Å². The smallest absolute Gasteiger partial charge is 0.242 e. The summed E-state index contributed by atoms with van der Waals surface area (Å²) in [5.41, 5.74) is -0.405. The molecule has 20 heavy (non-hydrogen) atoms. The van der Waals surface area contributed by atoms with Crippen LogP contribution in [-0.2, 0) is 4.79 Å². The second kappa shape index (κ2) is 6.41. The maximum absolute atomic E-state index is 12.8. The van der Waals surface area contributed by atoms with E-state index in [0.717, 1.165) is 52.1 Å². The Labute approximate surface area is 123 Å². The van der Waals surface area contributed by atoms with Gasteiger partial charge in [0.1, 0.15) is 0 Å². The lowest BCUT2D eigenvalue weighted by molar-refractivity contribution is -0.144. The number of amides is 1. The van der Waals surface area contributed by atoms with Gasteiger partial charge in [-0.1, -0.05) is 0 Å². The van der Waals surface area contributed by atoms with Crippen LogP contribution in [0.5, 0.6) is 0 Å². The fourth-order valence-corrected chi connectivity index (χ4v) is 3.24. The second-order valence-electron chi connectivity index (χ2n) is 6.75. The summed E-state index contributed by atoms with van der Waals surface area (Å²) in [4.78, 5) is 19.5. The molecule has 0 spiro atoms. The third kappa shape index (κ3) is 3.32. The van der Waals surface area contributed by atoms with Crippen molar-refractivity contribution >= 4 is 5.91 Å². The predicted molar refractivity (Wildman–Crippen MR) is 81.8 cm³/mol. The van der Waals surface area contributed by atoms with Crippen molar-refractivity contribution in [3.8, 4) is 0 Å². The van der Waals surface area contributed by atoms with Crippen LogP contribution < -0.4 is 5.32 Å². The molecule has 2 saturated heterocycles. The molecule has 0 atom stereocenters. The fourth-order valence-electron chi connectivity index (χ4n) is 3.24. The van der Waals surface area contributed by atoms with Gasteiger partial charge in [-0.2, -0.15) is 0 Å².